The lowest BCUT2D eigenvalue weighted by Gasteiger charge is -2.10. The molecule has 0 unspecified atom stereocenters. The first-order chi connectivity index (χ1) is 7.32. The van der Waals surface area contributed by atoms with E-state index < -0.39 is 21.0 Å². The Bertz CT molecular complexity index is 501. The van der Waals surface area contributed by atoms with Crippen molar-refractivity contribution in [2.24, 2.45) is 0 Å². The summed E-state index contributed by atoms with van der Waals surface area (Å²) in [4.78, 5) is 15.5. The van der Waals surface area contributed by atoms with Crippen LogP contribution >= 0.6 is 15.9 Å². The number of aromatic nitrogens is 1. The standard InChI is InChI=1S/C9H11BrN2O3S/c1-6(16(2,14)15)9(13)12-8-7(10)4-3-5-11-8/h3-6H,1-2H3,(H,11,12,13)/t6-/m0/s1. The van der Waals surface area contributed by atoms with Gasteiger partial charge in [-0.3, -0.25) is 4.79 Å². The Morgan fingerprint density at radius 1 is 1.56 bits per heavy atom. The Morgan fingerprint density at radius 2 is 2.19 bits per heavy atom. The highest BCUT2D eigenvalue weighted by Crippen LogP contribution is 2.18. The largest absolute Gasteiger partial charge is 0.309 e. The molecule has 16 heavy (non-hydrogen) atoms. The molecule has 5 nitrogen and oxygen atoms in total. The van der Waals surface area contributed by atoms with Crippen LogP contribution in [-0.4, -0.2) is 30.8 Å². The van der Waals surface area contributed by atoms with Crippen LogP contribution in [0.15, 0.2) is 22.8 Å². The quantitative estimate of drug-likeness (QED) is 0.911. The summed E-state index contributed by atoms with van der Waals surface area (Å²) in [6.45, 7) is 1.33. The molecule has 1 amide bonds. The summed E-state index contributed by atoms with van der Waals surface area (Å²) < 4.78 is 22.9. The van der Waals surface area contributed by atoms with Gasteiger partial charge in [0, 0.05) is 12.5 Å². The molecule has 0 aliphatic carbocycles. The van der Waals surface area contributed by atoms with E-state index in [2.05, 4.69) is 26.2 Å². The average molecular weight is 307 g/mol. The van der Waals surface area contributed by atoms with Gasteiger partial charge in [-0.1, -0.05) is 0 Å². The van der Waals surface area contributed by atoms with Gasteiger partial charge >= 0.3 is 0 Å². The third-order valence-electron chi connectivity index (χ3n) is 2.01. The van der Waals surface area contributed by atoms with Crippen LogP contribution in [0.1, 0.15) is 6.92 Å². The van der Waals surface area contributed by atoms with Crippen LogP contribution in [-0.2, 0) is 14.6 Å². The lowest BCUT2D eigenvalue weighted by atomic mass is 10.4. The normalized spacial score (nSPS) is 13.2. The third kappa shape index (κ3) is 3.28. The number of anilines is 1. The lowest BCUT2D eigenvalue weighted by molar-refractivity contribution is -0.115. The topological polar surface area (TPSA) is 76.1 Å². The van der Waals surface area contributed by atoms with E-state index in [0.717, 1.165) is 6.26 Å². The maximum absolute atomic E-state index is 11.6. The fourth-order valence-corrected chi connectivity index (χ4v) is 1.69. The molecule has 1 aromatic heterocycles. The molecule has 0 saturated heterocycles. The highest BCUT2D eigenvalue weighted by Gasteiger charge is 2.24. The number of carbonyl (C=O) groups excluding carboxylic acids is 1. The molecule has 1 rings (SSSR count). The first kappa shape index (κ1) is 13.1. The summed E-state index contributed by atoms with van der Waals surface area (Å²) in [6, 6.07) is 3.40. The molecule has 0 saturated carbocycles. The molecule has 0 bridgehead atoms. The number of pyridine rings is 1. The SMILES string of the molecule is C[C@@H](C(=O)Nc1ncccc1Br)S(C)(=O)=O. The van der Waals surface area contributed by atoms with Gasteiger partial charge in [0.2, 0.25) is 5.91 Å². The van der Waals surface area contributed by atoms with Gasteiger partial charge in [-0.15, -0.1) is 0 Å². The van der Waals surface area contributed by atoms with Crippen LogP contribution < -0.4 is 5.32 Å². The van der Waals surface area contributed by atoms with Crippen molar-refractivity contribution in [3.8, 4) is 0 Å². The second kappa shape index (κ2) is 4.92. The molecule has 0 radical (unpaired) electrons. The summed E-state index contributed by atoms with van der Waals surface area (Å²) in [7, 11) is -3.39. The fourth-order valence-electron chi connectivity index (χ4n) is 0.890. The number of sulfone groups is 1. The monoisotopic (exact) mass is 306 g/mol. The maximum Gasteiger partial charge on any atom is 0.243 e. The molecule has 88 valence electrons. The molecule has 0 fully saturated rings. The van der Waals surface area contributed by atoms with Gasteiger partial charge in [-0.25, -0.2) is 13.4 Å². The summed E-state index contributed by atoms with van der Waals surface area (Å²) in [5.41, 5.74) is 0. The fraction of sp³-hybridized carbons (Fsp3) is 0.333. The molecule has 0 aliphatic rings. The van der Waals surface area contributed by atoms with Crippen LogP contribution in [0.5, 0.6) is 0 Å². The van der Waals surface area contributed by atoms with Crippen LogP contribution in [0.3, 0.4) is 0 Å². The molecule has 0 aromatic carbocycles. The van der Waals surface area contributed by atoms with E-state index in [-0.39, 0.29) is 0 Å². The number of hydrogen-bond acceptors (Lipinski definition) is 4. The lowest BCUT2D eigenvalue weighted by Crippen LogP contribution is -2.32. The van der Waals surface area contributed by atoms with Gasteiger partial charge in [0.1, 0.15) is 11.1 Å². The minimum atomic E-state index is -3.39. The smallest absolute Gasteiger partial charge is 0.243 e. The van der Waals surface area contributed by atoms with E-state index in [1.165, 1.54) is 13.1 Å². The van der Waals surface area contributed by atoms with Crippen molar-refractivity contribution in [2.45, 2.75) is 12.2 Å². The van der Waals surface area contributed by atoms with Crippen molar-refractivity contribution in [3.05, 3.63) is 22.8 Å². The second-order valence-electron chi connectivity index (χ2n) is 3.29. The highest BCUT2D eigenvalue weighted by molar-refractivity contribution is 9.10. The van der Waals surface area contributed by atoms with E-state index in [4.69, 9.17) is 0 Å². The van der Waals surface area contributed by atoms with Crippen LogP contribution in [0.2, 0.25) is 0 Å². The molecular formula is C9H11BrN2O3S. The Hall–Kier alpha value is -0.950. The number of amides is 1. The van der Waals surface area contributed by atoms with E-state index >= 15 is 0 Å². The number of carbonyl (C=O) groups is 1. The van der Waals surface area contributed by atoms with Crippen molar-refractivity contribution in [3.63, 3.8) is 0 Å². The first-order valence-electron chi connectivity index (χ1n) is 4.42. The molecule has 1 N–H and O–H groups in total. The summed E-state index contributed by atoms with van der Waals surface area (Å²) in [5, 5.41) is 1.34. The molecule has 1 aromatic rings. The molecule has 0 spiro atoms. The van der Waals surface area contributed by atoms with E-state index in [1.807, 2.05) is 0 Å². The van der Waals surface area contributed by atoms with E-state index in [9.17, 15) is 13.2 Å². The van der Waals surface area contributed by atoms with Gasteiger partial charge in [0.15, 0.2) is 9.84 Å². The maximum atomic E-state index is 11.6. The number of nitrogens with one attached hydrogen (secondary N) is 1. The van der Waals surface area contributed by atoms with Gasteiger partial charge in [0.25, 0.3) is 0 Å². The van der Waals surface area contributed by atoms with Gasteiger partial charge in [-0.05, 0) is 35.0 Å². The first-order valence-corrected chi connectivity index (χ1v) is 7.17. The zero-order valence-corrected chi connectivity index (χ0v) is 11.2. The van der Waals surface area contributed by atoms with E-state index in [1.54, 1.807) is 12.1 Å². The summed E-state index contributed by atoms with van der Waals surface area (Å²) in [6.07, 6.45) is 2.52. The Balaban J connectivity index is 2.84. The van der Waals surface area contributed by atoms with Crippen LogP contribution in [0.4, 0.5) is 5.82 Å². The molecule has 1 atom stereocenters. The number of halogens is 1. The Labute approximate surface area is 102 Å². The highest BCUT2D eigenvalue weighted by atomic mass is 79.9. The van der Waals surface area contributed by atoms with Crippen molar-refractivity contribution in [2.75, 3.05) is 11.6 Å². The predicted octanol–water partition coefficient (Wildman–Crippen LogP) is 1.22. The van der Waals surface area contributed by atoms with Gasteiger partial charge < -0.3 is 5.32 Å². The van der Waals surface area contributed by atoms with Crippen LogP contribution in [0.25, 0.3) is 0 Å². The minimum Gasteiger partial charge on any atom is -0.309 e. The molecule has 0 aliphatic heterocycles. The zero-order chi connectivity index (χ0) is 12.3. The zero-order valence-electron chi connectivity index (χ0n) is 8.77. The predicted molar refractivity (Wildman–Crippen MR) is 64.9 cm³/mol. The molecule has 1 heterocycles. The number of nitrogens with zero attached hydrogens (tertiary/aromatic N) is 1. The molecular weight excluding hydrogens is 296 g/mol. The summed E-state index contributed by atoms with van der Waals surface area (Å²) >= 11 is 3.20. The van der Waals surface area contributed by atoms with Crippen molar-refractivity contribution >= 4 is 37.5 Å². The second-order valence-corrected chi connectivity index (χ2v) is 6.52. The van der Waals surface area contributed by atoms with Gasteiger partial charge in [-0.2, -0.15) is 0 Å². The average Bonchev–Trinajstić information content (AvgIpc) is 2.19. The van der Waals surface area contributed by atoms with Crippen molar-refractivity contribution < 1.29 is 13.2 Å². The number of rotatable bonds is 3. The van der Waals surface area contributed by atoms with Crippen molar-refractivity contribution in [1.29, 1.82) is 0 Å². The summed E-state index contributed by atoms with van der Waals surface area (Å²) in [5.74, 6) is -0.287. The van der Waals surface area contributed by atoms with Crippen molar-refractivity contribution in [1.82, 2.24) is 4.98 Å². The Kier molecular flexibility index (Phi) is 4.03. The Morgan fingerprint density at radius 3 is 2.69 bits per heavy atom. The third-order valence-corrected chi connectivity index (χ3v) is 4.15. The van der Waals surface area contributed by atoms with Gasteiger partial charge in [0.05, 0.1) is 4.47 Å². The molecule has 7 heteroatoms. The van der Waals surface area contributed by atoms with Crippen LogP contribution in [0, 0.1) is 0 Å². The van der Waals surface area contributed by atoms with E-state index in [0.29, 0.717) is 10.3 Å². The number of hydrogen-bond donors (Lipinski definition) is 1. The minimum absolute atomic E-state index is 0.308.